The number of nitrogens with zero attached hydrogens (tertiary/aromatic N) is 4. The molecule has 7 nitrogen and oxygen atoms in total. The van der Waals surface area contributed by atoms with Crippen molar-refractivity contribution in [3.8, 4) is 11.5 Å². The highest BCUT2D eigenvalue weighted by Gasteiger charge is 2.23. The van der Waals surface area contributed by atoms with E-state index in [9.17, 15) is 0 Å². The van der Waals surface area contributed by atoms with Gasteiger partial charge in [0.05, 0.1) is 20.4 Å². The predicted octanol–water partition coefficient (Wildman–Crippen LogP) is 3.40. The first-order valence-electron chi connectivity index (χ1n) is 8.70. The molecule has 1 unspecified atom stereocenters. The number of aromatic nitrogens is 3. The second-order valence-corrected chi connectivity index (χ2v) is 6.09. The van der Waals surface area contributed by atoms with Crippen molar-refractivity contribution in [1.29, 1.82) is 0 Å². The largest absolute Gasteiger partial charge is 0.493 e. The van der Waals surface area contributed by atoms with Gasteiger partial charge in [0.15, 0.2) is 17.3 Å². The summed E-state index contributed by atoms with van der Waals surface area (Å²) in [7, 11) is 3.24. The van der Waals surface area contributed by atoms with Crippen LogP contribution in [0.4, 0.5) is 17.5 Å². The molecule has 0 bridgehead atoms. The van der Waals surface area contributed by atoms with Crippen LogP contribution in [0.15, 0.2) is 24.4 Å². The molecule has 0 radical (unpaired) electrons. The highest BCUT2D eigenvalue weighted by Crippen LogP contribution is 2.31. The molecule has 1 aliphatic heterocycles. The fourth-order valence-electron chi connectivity index (χ4n) is 3.23. The first-order valence-corrected chi connectivity index (χ1v) is 8.70. The van der Waals surface area contributed by atoms with E-state index >= 15 is 0 Å². The molecule has 134 valence electrons. The summed E-state index contributed by atoms with van der Waals surface area (Å²) in [4.78, 5) is 6.93. The molecule has 0 amide bonds. The average molecular weight is 343 g/mol. The lowest BCUT2D eigenvalue weighted by molar-refractivity contribution is 0.355. The van der Waals surface area contributed by atoms with Gasteiger partial charge in [-0.05, 0) is 37.8 Å². The Labute approximate surface area is 148 Å². The summed E-state index contributed by atoms with van der Waals surface area (Å²) < 4.78 is 10.6. The van der Waals surface area contributed by atoms with Gasteiger partial charge in [0.2, 0.25) is 5.95 Å². The summed E-state index contributed by atoms with van der Waals surface area (Å²) in [6, 6.07) is 6.14. The van der Waals surface area contributed by atoms with Gasteiger partial charge < -0.3 is 19.7 Å². The van der Waals surface area contributed by atoms with Crippen LogP contribution in [0.5, 0.6) is 11.5 Å². The Bertz CT molecular complexity index is 710. The molecule has 1 atom stereocenters. The quantitative estimate of drug-likeness (QED) is 0.861. The molecule has 2 aromatic rings. The van der Waals surface area contributed by atoms with Crippen molar-refractivity contribution in [1.82, 2.24) is 15.2 Å². The van der Waals surface area contributed by atoms with Gasteiger partial charge in [-0.25, -0.2) is 0 Å². The molecular formula is C18H25N5O2. The molecule has 1 saturated heterocycles. The van der Waals surface area contributed by atoms with E-state index in [0.29, 0.717) is 29.3 Å². The fourth-order valence-corrected chi connectivity index (χ4v) is 3.23. The normalized spacial score (nSPS) is 17.2. The van der Waals surface area contributed by atoms with Gasteiger partial charge in [-0.15, -0.1) is 5.10 Å². The Kier molecular flexibility index (Phi) is 5.53. The van der Waals surface area contributed by atoms with Gasteiger partial charge in [-0.1, -0.05) is 6.92 Å². The highest BCUT2D eigenvalue weighted by molar-refractivity contribution is 5.61. The maximum atomic E-state index is 5.34. The van der Waals surface area contributed by atoms with Crippen LogP contribution in [0.25, 0.3) is 0 Å². The minimum atomic E-state index is 0.492. The number of piperidine rings is 1. The number of methoxy groups -OCH3 is 2. The highest BCUT2D eigenvalue weighted by atomic mass is 16.5. The monoisotopic (exact) mass is 343 g/mol. The number of nitrogens with one attached hydrogen (secondary N) is 1. The molecule has 2 heterocycles. The number of benzene rings is 1. The van der Waals surface area contributed by atoms with E-state index in [1.165, 1.54) is 19.3 Å². The summed E-state index contributed by atoms with van der Waals surface area (Å²) in [5.74, 6) is 2.71. The van der Waals surface area contributed by atoms with Crippen molar-refractivity contribution in [2.24, 2.45) is 0 Å². The third kappa shape index (κ3) is 3.92. The van der Waals surface area contributed by atoms with Crippen molar-refractivity contribution < 1.29 is 9.47 Å². The summed E-state index contributed by atoms with van der Waals surface area (Å²) >= 11 is 0. The van der Waals surface area contributed by atoms with Crippen LogP contribution in [0.3, 0.4) is 0 Å². The van der Waals surface area contributed by atoms with Crippen LogP contribution in [0, 0.1) is 0 Å². The molecule has 0 saturated carbocycles. The second-order valence-electron chi connectivity index (χ2n) is 6.09. The molecule has 1 N–H and O–H groups in total. The Morgan fingerprint density at radius 1 is 1.20 bits per heavy atom. The van der Waals surface area contributed by atoms with E-state index in [4.69, 9.17) is 9.47 Å². The van der Waals surface area contributed by atoms with Crippen LogP contribution >= 0.6 is 0 Å². The minimum absolute atomic E-state index is 0.492. The van der Waals surface area contributed by atoms with Gasteiger partial charge in [-0.3, -0.25) is 0 Å². The number of ether oxygens (including phenoxy) is 2. The number of anilines is 3. The first-order chi connectivity index (χ1) is 12.2. The van der Waals surface area contributed by atoms with Crippen molar-refractivity contribution in [3.05, 3.63) is 24.4 Å². The Morgan fingerprint density at radius 2 is 2.04 bits per heavy atom. The van der Waals surface area contributed by atoms with Crippen molar-refractivity contribution in [2.75, 3.05) is 31.0 Å². The third-order valence-corrected chi connectivity index (χ3v) is 4.56. The predicted molar refractivity (Wildman–Crippen MR) is 97.9 cm³/mol. The molecule has 1 aliphatic rings. The van der Waals surface area contributed by atoms with Crippen molar-refractivity contribution >= 4 is 17.5 Å². The molecular weight excluding hydrogens is 318 g/mol. The lowest BCUT2D eigenvalue weighted by Gasteiger charge is -2.34. The molecule has 0 aliphatic carbocycles. The van der Waals surface area contributed by atoms with E-state index in [2.05, 4.69) is 32.3 Å². The van der Waals surface area contributed by atoms with Gasteiger partial charge in [0, 0.05) is 24.3 Å². The second kappa shape index (κ2) is 8.00. The zero-order valence-corrected chi connectivity index (χ0v) is 15.0. The van der Waals surface area contributed by atoms with Crippen LogP contribution in [-0.4, -0.2) is 42.0 Å². The lowest BCUT2D eigenvalue weighted by Crippen LogP contribution is -2.40. The van der Waals surface area contributed by atoms with E-state index < -0.39 is 0 Å². The van der Waals surface area contributed by atoms with E-state index in [0.717, 1.165) is 18.7 Å². The maximum Gasteiger partial charge on any atom is 0.247 e. The first kappa shape index (κ1) is 17.3. The number of hydrogen-bond donors (Lipinski definition) is 1. The number of rotatable bonds is 6. The van der Waals surface area contributed by atoms with Gasteiger partial charge in [0.1, 0.15) is 0 Å². The smallest absolute Gasteiger partial charge is 0.247 e. The maximum absolute atomic E-state index is 5.34. The van der Waals surface area contributed by atoms with E-state index in [-0.39, 0.29) is 0 Å². The van der Waals surface area contributed by atoms with Gasteiger partial charge in [-0.2, -0.15) is 10.1 Å². The fraction of sp³-hybridized carbons (Fsp3) is 0.500. The number of hydrogen-bond acceptors (Lipinski definition) is 7. The van der Waals surface area contributed by atoms with E-state index in [1.54, 1.807) is 20.4 Å². The third-order valence-electron chi connectivity index (χ3n) is 4.56. The Hall–Kier alpha value is -2.57. The summed E-state index contributed by atoms with van der Waals surface area (Å²) in [6.45, 7) is 3.20. The SMILES string of the molecule is CCC1CCCCN1c1nncc(Nc2ccc(OC)c(OC)c2)n1. The minimum Gasteiger partial charge on any atom is -0.493 e. The van der Waals surface area contributed by atoms with Crippen molar-refractivity contribution in [2.45, 2.75) is 38.6 Å². The zero-order valence-electron chi connectivity index (χ0n) is 15.0. The lowest BCUT2D eigenvalue weighted by atomic mass is 10.0. The van der Waals surface area contributed by atoms with Gasteiger partial charge >= 0.3 is 0 Å². The average Bonchev–Trinajstić information content (AvgIpc) is 2.68. The molecule has 25 heavy (non-hydrogen) atoms. The summed E-state index contributed by atoms with van der Waals surface area (Å²) in [5, 5.41) is 11.6. The molecule has 1 aromatic heterocycles. The molecule has 3 rings (SSSR count). The molecule has 1 aromatic carbocycles. The molecule has 1 fully saturated rings. The van der Waals surface area contributed by atoms with Crippen LogP contribution in [0.2, 0.25) is 0 Å². The Balaban J connectivity index is 1.80. The topological polar surface area (TPSA) is 72.4 Å². The standard InChI is InChI=1S/C18H25N5O2/c1-4-14-7-5-6-10-23(14)18-21-17(12-19-22-18)20-13-8-9-15(24-2)16(11-13)25-3/h8-9,11-12,14H,4-7,10H2,1-3H3,(H,20,21,22). The van der Waals surface area contributed by atoms with Gasteiger partial charge in [0.25, 0.3) is 0 Å². The van der Waals surface area contributed by atoms with E-state index in [1.807, 2.05) is 18.2 Å². The molecule has 7 heteroatoms. The zero-order chi connectivity index (χ0) is 17.6. The van der Waals surface area contributed by atoms with Crippen LogP contribution in [0.1, 0.15) is 32.6 Å². The van der Waals surface area contributed by atoms with Crippen LogP contribution < -0.4 is 19.7 Å². The summed E-state index contributed by atoms with van der Waals surface area (Å²) in [6.07, 6.45) is 6.36. The Morgan fingerprint density at radius 3 is 2.80 bits per heavy atom. The molecule has 0 spiro atoms. The van der Waals surface area contributed by atoms with Crippen molar-refractivity contribution in [3.63, 3.8) is 0 Å². The van der Waals surface area contributed by atoms with Crippen LogP contribution in [-0.2, 0) is 0 Å². The summed E-state index contributed by atoms with van der Waals surface area (Å²) in [5.41, 5.74) is 0.856.